The van der Waals surface area contributed by atoms with E-state index in [-0.39, 0.29) is 0 Å². The predicted molar refractivity (Wildman–Crippen MR) is 60.0 cm³/mol. The van der Waals surface area contributed by atoms with E-state index < -0.39 is 0 Å². The van der Waals surface area contributed by atoms with Crippen molar-refractivity contribution in [3.05, 3.63) is 0 Å². The van der Waals surface area contributed by atoms with Gasteiger partial charge in [0.05, 0.1) is 6.10 Å². The van der Waals surface area contributed by atoms with Gasteiger partial charge in [0.1, 0.15) is 0 Å². The maximum atomic E-state index is 5.98. The van der Waals surface area contributed by atoms with Crippen LogP contribution in [0.3, 0.4) is 0 Å². The lowest BCUT2D eigenvalue weighted by molar-refractivity contribution is -0.00884. The second-order valence-corrected chi connectivity index (χ2v) is 4.81. The summed E-state index contributed by atoms with van der Waals surface area (Å²) in [5.41, 5.74) is 0. The Morgan fingerprint density at radius 3 is 2.67 bits per heavy atom. The lowest BCUT2D eigenvalue weighted by Gasteiger charge is -2.23. The zero-order valence-electron chi connectivity index (χ0n) is 9.71. The third-order valence-electron chi connectivity index (χ3n) is 3.70. The van der Waals surface area contributed by atoms with E-state index in [0.29, 0.717) is 12.1 Å². The first kappa shape index (κ1) is 11.4. The van der Waals surface area contributed by atoms with Crippen molar-refractivity contribution < 1.29 is 9.47 Å². The Bertz CT molecular complexity index is 180. The molecule has 1 heterocycles. The van der Waals surface area contributed by atoms with Crippen LogP contribution in [0, 0.1) is 5.92 Å². The minimum absolute atomic E-state index is 0.505. The van der Waals surface area contributed by atoms with Gasteiger partial charge >= 0.3 is 0 Å². The molecule has 0 bridgehead atoms. The van der Waals surface area contributed by atoms with Crippen LogP contribution in [0.4, 0.5) is 0 Å². The largest absolute Gasteiger partial charge is 0.381 e. The Labute approximate surface area is 92.5 Å². The minimum atomic E-state index is 0.505. The molecule has 1 aliphatic carbocycles. The summed E-state index contributed by atoms with van der Waals surface area (Å²) in [6, 6.07) is 0.685. The molecule has 1 aliphatic heterocycles. The van der Waals surface area contributed by atoms with Crippen LogP contribution >= 0.6 is 0 Å². The van der Waals surface area contributed by atoms with E-state index in [1.165, 1.54) is 32.1 Å². The summed E-state index contributed by atoms with van der Waals surface area (Å²) >= 11 is 0. The summed E-state index contributed by atoms with van der Waals surface area (Å²) in [5.74, 6) is 0.743. The molecule has 0 aromatic rings. The van der Waals surface area contributed by atoms with Gasteiger partial charge in [-0.25, -0.2) is 0 Å². The summed E-state index contributed by atoms with van der Waals surface area (Å²) in [4.78, 5) is 0. The average Bonchev–Trinajstić information content (AvgIpc) is 2.76. The van der Waals surface area contributed by atoms with Gasteiger partial charge < -0.3 is 14.8 Å². The fourth-order valence-corrected chi connectivity index (χ4v) is 2.54. The summed E-state index contributed by atoms with van der Waals surface area (Å²) in [6.45, 7) is 2.81. The van der Waals surface area contributed by atoms with Gasteiger partial charge in [-0.1, -0.05) is 0 Å². The third-order valence-corrected chi connectivity index (χ3v) is 3.70. The Hall–Kier alpha value is -0.120. The zero-order valence-corrected chi connectivity index (χ0v) is 9.71. The fraction of sp³-hybridized carbons (Fsp3) is 1.00. The lowest BCUT2D eigenvalue weighted by Crippen LogP contribution is -2.25. The van der Waals surface area contributed by atoms with Crippen LogP contribution in [-0.2, 0) is 9.47 Å². The molecular formula is C12H23NO2. The van der Waals surface area contributed by atoms with Gasteiger partial charge in [0, 0.05) is 25.9 Å². The maximum Gasteiger partial charge on any atom is 0.0590 e. The van der Waals surface area contributed by atoms with Crippen LogP contribution in [0.2, 0.25) is 0 Å². The highest BCUT2D eigenvalue weighted by atomic mass is 16.5. The van der Waals surface area contributed by atoms with Crippen molar-refractivity contribution >= 4 is 0 Å². The molecule has 1 N–H and O–H groups in total. The quantitative estimate of drug-likeness (QED) is 0.769. The van der Waals surface area contributed by atoms with Crippen molar-refractivity contribution in [2.75, 3.05) is 26.9 Å². The van der Waals surface area contributed by atoms with Gasteiger partial charge in [0.15, 0.2) is 0 Å². The Morgan fingerprint density at radius 1 is 1.20 bits per heavy atom. The molecule has 1 saturated carbocycles. The average molecular weight is 213 g/mol. The van der Waals surface area contributed by atoms with E-state index in [2.05, 4.69) is 5.32 Å². The molecule has 0 amide bonds. The smallest absolute Gasteiger partial charge is 0.0590 e. The van der Waals surface area contributed by atoms with Crippen LogP contribution in [0.25, 0.3) is 0 Å². The molecule has 88 valence electrons. The number of hydrogen-bond donors (Lipinski definition) is 1. The Balaban J connectivity index is 1.61. The molecule has 0 spiro atoms. The highest BCUT2D eigenvalue weighted by Gasteiger charge is 2.25. The van der Waals surface area contributed by atoms with E-state index in [1.54, 1.807) is 0 Å². The minimum Gasteiger partial charge on any atom is -0.381 e. The molecule has 1 saturated heterocycles. The summed E-state index contributed by atoms with van der Waals surface area (Å²) < 4.78 is 11.3. The summed E-state index contributed by atoms with van der Waals surface area (Å²) in [6.07, 6.45) is 6.57. The lowest BCUT2D eigenvalue weighted by atomic mass is 10.0. The van der Waals surface area contributed by atoms with Gasteiger partial charge in [-0.15, -0.1) is 0 Å². The van der Waals surface area contributed by atoms with Crippen molar-refractivity contribution in [1.29, 1.82) is 0 Å². The normalized spacial score (nSPS) is 33.4. The van der Waals surface area contributed by atoms with Crippen molar-refractivity contribution in [3.8, 4) is 0 Å². The third kappa shape index (κ3) is 3.44. The number of hydrogen-bond acceptors (Lipinski definition) is 3. The molecule has 0 radical (unpaired) electrons. The Morgan fingerprint density at radius 2 is 2.00 bits per heavy atom. The topological polar surface area (TPSA) is 30.5 Å². The van der Waals surface area contributed by atoms with Crippen LogP contribution in [0.5, 0.6) is 0 Å². The summed E-state index contributed by atoms with van der Waals surface area (Å²) in [7, 11) is 2.05. The van der Waals surface area contributed by atoms with Crippen molar-refractivity contribution in [2.45, 2.75) is 44.2 Å². The number of rotatable bonds is 4. The monoisotopic (exact) mass is 213 g/mol. The molecule has 2 aliphatic rings. The van der Waals surface area contributed by atoms with E-state index in [0.717, 1.165) is 25.7 Å². The van der Waals surface area contributed by atoms with E-state index in [1.807, 2.05) is 7.05 Å². The highest BCUT2D eigenvalue weighted by molar-refractivity contribution is 4.80. The molecule has 2 unspecified atom stereocenters. The van der Waals surface area contributed by atoms with Gasteiger partial charge in [-0.2, -0.15) is 0 Å². The molecule has 2 rings (SSSR count). The first-order valence-corrected chi connectivity index (χ1v) is 6.25. The number of nitrogens with one attached hydrogen (secondary N) is 1. The Kier molecular flexibility index (Phi) is 4.42. The molecule has 3 heteroatoms. The van der Waals surface area contributed by atoms with Gasteiger partial charge in [0.2, 0.25) is 0 Å². The maximum absolute atomic E-state index is 5.98. The van der Waals surface area contributed by atoms with Crippen molar-refractivity contribution in [3.63, 3.8) is 0 Å². The first-order valence-electron chi connectivity index (χ1n) is 6.25. The predicted octanol–water partition coefficient (Wildman–Crippen LogP) is 1.57. The molecule has 0 aromatic heterocycles. The van der Waals surface area contributed by atoms with Crippen molar-refractivity contribution in [1.82, 2.24) is 5.32 Å². The number of ether oxygens (including phenoxy) is 2. The van der Waals surface area contributed by atoms with Crippen LogP contribution in [-0.4, -0.2) is 39.0 Å². The molecule has 15 heavy (non-hydrogen) atoms. The van der Waals surface area contributed by atoms with Crippen LogP contribution in [0.1, 0.15) is 32.1 Å². The van der Waals surface area contributed by atoms with E-state index in [9.17, 15) is 0 Å². The second kappa shape index (κ2) is 5.83. The van der Waals surface area contributed by atoms with E-state index >= 15 is 0 Å². The van der Waals surface area contributed by atoms with Gasteiger partial charge in [-0.05, 0) is 45.1 Å². The van der Waals surface area contributed by atoms with Gasteiger partial charge in [0.25, 0.3) is 0 Å². The molecule has 3 nitrogen and oxygen atoms in total. The van der Waals surface area contributed by atoms with Crippen molar-refractivity contribution in [2.24, 2.45) is 5.92 Å². The van der Waals surface area contributed by atoms with Crippen LogP contribution < -0.4 is 5.32 Å². The molecular weight excluding hydrogens is 190 g/mol. The zero-order chi connectivity index (χ0) is 10.5. The highest BCUT2D eigenvalue weighted by Crippen LogP contribution is 2.24. The van der Waals surface area contributed by atoms with Crippen LogP contribution in [0.15, 0.2) is 0 Å². The summed E-state index contributed by atoms with van der Waals surface area (Å²) in [5, 5.41) is 3.33. The van der Waals surface area contributed by atoms with E-state index in [4.69, 9.17) is 9.47 Å². The first-order chi connectivity index (χ1) is 7.38. The molecule has 2 atom stereocenters. The fourth-order valence-electron chi connectivity index (χ4n) is 2.54. The molecule has 2 fully saturated rings. The standard InChI is InChI=1S/C12H23NO2/c1-13-11-2-3-12(8-11)15-9-10-4-6-14-7-5-10/h10-13H,2-9H2,1H3. The van der Waals surface area contributed by atoms with Gasteiger partial charge in [-0.3, -0.25) is 0 Å². The molecule has 0 aromatic carbocycles. The SMILES string of the molecule is CNC1CCC(OCC2CCOCC2)C1. The second-order valence-electron chi connectivity index (χ2n) is 4.81.